The molecule has 5 amide bonds. The third kappa shape index (κ3) is 3.46. The van der Waals surface area contributed by atoms with E-state index in [0.29, 0.717) is 12.2 Å². The molecular weight excluding hydrogens is 340 g/mol. The molecule has 26 heavy (non-hydrogen) atoms. The molecule has 0 bridgehead atoms. The van der Waals surface area contributed by atoms with Crippen molar-refractivity contribution in [3.63, 3.8) is 0 Å². The third-order valence-electron chi connectivity index (χ3n) is 4.27. The molecule has 9 nitrogen and oxygen atoms in total. The number of rotatable bonds is 4. The second-order valence-electron chi connectivity index (χ2n) is 6.72. The predicted molar refractivity (Wildman–Crippen MR) is 89.8 cm³/mol. The molecule has 0 aromatic heterocycles. The average molecular weight is 360 g/mol. The number of carbonyl (C=O) groups is 4. The minimum atomic E-state index is -0.976. The van der Waals surface area contributed by atoms with E-state index >= 15 is 0 Å². The van der Waals surface area contributed by atoms with E-state index in [-0.39, 0.29) is 13.0 Å². The maximum Gasteiger partial charge on any atom is 0.325 e. The van der Waals surface area contributed by atoms with Crippen LogP contribution >= 0.6 is 0 Å². The Morgan fingerprint density at radius 1 is 1.27 bits per heavy atom. The van der Waals surface area contributed by atoms with Crippen molar-refractivity contribution in [1.82, 2.24) is 21.1 Å². The summed E-state index contributed by atoms with van der Waals surface area (Å²) in [7, 11) is 0. The molecule has 0 aliphatic carbocycles. The Hall–Kier alpha value is -3.10. The van der Waals surface area contributed by atoms with Crippen LogP contribution in [0.2, 0.25) is 0 Å². The van der Waals surface area contributed by atoms with Gasteiger partial charge in [0.1, 0.15) is 11.3 Å². The van der Waals surface area contributed by atoms with Gasteiger partial charge in [-0.1, -0.05) is 18.2 Å². The number of nitrogens with zero attached hydrogens (tertiary/aromatic N) is 1. The van der Waals surface area contributed by atoms with Gasteiger partial charge in [-0.3, -0.25) is 30.1 Å². The van der Waals surface area contributed by atoms with Gasteiger partial charge in [0, 0.05) is 19.4 Å². The van der Waals surface area contributed by atoms with E-state index in [4.69, 9.17) is 4.74 Å². The maximum absolute atomic E-state index is 12.1. The van der Waals surface area contributed by atoms with Crippen LogP contribution in [-0.4, -0.2) is 46.8 Å². The van der Waals surface area contributed by atoms with Crippen molar-refractivity contribution in [3.05, 3.63) is 29.8 Å². The zero-order chi connectivity index (χ0) is 18.9. The van der Waals surface area contributed by atoms with E-state index < -0.39 is 35.4 Å². The number of carbonyl (C=O) groups excluding carboxylic acids is 4. The number of imide groups is 1. The van der Waals surface area contributed by atoms with Gasteiger partial charge in [-0.25, -0.2) is 4.79 Å². The second kappa shape index (κ2) is 6.66. The number of para-hydroxylation sites is 1. The number of benzene rings is 1. The van der Waals surface area contributed by atoms with Crippen molar-refractivity contribution in [2.24, 2.45) is 0 Å². The van der Waals surface area contributed by atoms with Crippen molar-refractivity contribution < 1.29 is 23.9 Å². The molecule has 2 aliphatic heterocycles. The molecule has 138 valence electrons. The van der Waals surface area contributed by atoms with E-state index in [1.807, 2.05) is 18.2 Å². The normalized spacial score (nSPS) is 20.2. The number of hydrogen-bond acceptors (Lipinski definition) is 5. The molecule has 0 saturated carbocycles. The van der Waals surface area contributed by atoms with Crippen molar-refractivity contribution in [1.29, 1.82) is 0 Å². The highest BCUT2D eigenvalue weighted by Gasteiger charge is 2.44. The molecule has 9 heteroatoms. The Balaban J connectivity index is 1.43. The third-order valence-corrected chi connectivity index (χ3v) is 4.27. The minimum Gasteiger partial charge on any atom is -0.480 e. The van der Waals surface area contributed by atoms with Gasteiger partial charge < -0.3 is 10.1 Å². The molecule has 2 heterocycles. The summed E-state index contributed by atoms with van der Waals surface area (Å²) < 4.78 is 5.52. The molecule has 1 fully saturated rings. The molecule has 1 aromatic carbocycles. The van der Waals surface area contributed by atoms with E-state index in [9.17, 15) is 19.2 Å². The van der Waals surface area contributed by atoms with Crippen LogP contribution in [0.5, 0.6) is 5.75 Å². The van der Waals surface area contributed by atoms with Crippen molar-refractivity contribution in [2.75, 3.05) is 6.54 Å². The monoisotopic (exact) mass is 360 g/mol. The maximum atomic E-state index is 12.1. The summed E-state index contributed by atoms with van der Waals surface area (Å²) in [6, 6.07) is 6.80. The lowest BCUT2D eigenvalue weighted by Gasteiger charge is -2.16. The molecule has 0 unspecified atom stereocenters. The first kappa shape index (κ1) is 17.7. The number of amides is 5. The van der Waals surface area contributed by atoms with Crippen LogP contribution in [-0.2, 0) is 20.8 Å². The Morgan fingerprint density at radius 2 is 2.00 bits per heavy atom. The summed E-state index contributed by atoms with van der Waals surface area (Å²) in [5.74, 6) is -0.721. The number of ether oxygens (including phenoxy) is 1. The fraction of sp³-hybridized carbons (Fsp3) is 0.412. The molecule has 0 radical (unpaired) electrons. The van der Waals surface area contributed by atoms with Gasteiger partial charge in [0.25, 0.3) is 11.8 Å². The lowest BCUT2D eigenvalue weighted by molar-refractivity contribution is -0.133. The van der Waals surface area contributed by atoms with Gasteiger partial charge in [0.15, 0.2) is 6.10 Å². The summed E-state index contributed by atoms with van der Waals surface area (Å²) >= 11 is 0. The van der Waals surface area contributed by atoms with Gasteiger partial charge in [0.05, 0.1) is 0 Å². The lowest BCUT2D eigenvalue weighted by atomic mass is 10.1. The second-order valence-corrected chi connectivity index (χ2v) is 6.72. The van der Waals surface area contributed by atoms with E-state index in [2.05, 4.69) is 16.2 Å². The van der Waals surface area contributed by atoms with Crippen molar-refractivity contribution in [2.45, 2.75) is 38.3 Å². The van der Waals surface area contributed by atoms with Gasteiger partial charge in [-0.05, 0) is 25.5 Å². The fourth-order valence-electron chi connectivity index (χ4n) is 2.84. The molecule has 3 rings (SSSR count). The highest BCUT2D eigenvalue weighted by atomic mass is 16.5. The first-order valence-electron chi connectivity index (χ1n) is 8.25. The SMILES string of the molecule is CC1(C)NC(=O)N(CCC(=O)NNC(=O)[C@H]2Cc3ccccc3O2)C1=O. The Bertz CT molecular complexity index is 751. The van der Waals surface area contributed by atoms with E-state index in [1.54, 1.807) is 19.9 Å². The van der Waals surface area contributed by atoms with E-state index in [1.165, 1.54) is 0 Å². The summed E-state index contributed by atoms with van der Waals surface area (Å²) in [5.41, 5.74) is 4.53. The molecule has 1 aromatic rings. The number of urea groups is 1. The summed E-state index contributed by atoms with van der Waals surface area (Å²) in [4.78, 5) is 48.7. The van der Waals surface area contributed by atoms with Crippen LogP contribution in [0, 0.1) is 0 Å². The van der Waals surface area contributed by atoms with Crippen molar-refractivity contribution in [3.8, 4) is 5.75 Å². The van der Waals surface area contributed by atoms with Gasteiger partial charge >= 0.3 is 6.03 Å². The zero-order valence-electron chi connectivity index (χ0n) is 14.5. The molecule has 3 N–H and O–H groups in total. The summed E-state index contributed by atoms with van der Waals surface area (Å²) in [5, 5.41) is 2.53. The lowest BCUT2D eigenvalue weighted by Crippen LogP contribution is -2.48. The first-order valence-corrected chi connectivity index (χ1v) is 8.25. The Morgan fingerprint density at radius 3 is 2.65 bits per heavy atom. The number of nitrogens with one attached hydrogen (secondary N) is 3. The van der Waals surface area contributed by atoms with Crippen LogP contribution in [0.4, 0.5) is 4.79 Å². The Labute approximate surface area is 150 Å². The standard InChI is InChI=1S/C17H20N4O5/c1-17(2)15(24)21(16(25)18-17)8-7-13(22)19-20-14(23)12-9-10-5-3-4-6-11(10)26-12/h3-6,12H,7-9H2,1-2H3,(H,18,25)(H,19,22)(H,20,23)/t12-/m1/s1. The van der Waals surface area contributed by atoms with Crippen LogP contribution in [0.3, 0.4) is 0 Å². The van der Waals surface area contributed by atoms with Crippen LogP contribution in [0.25, 0.3) is 0 Å². The number of hydrogen-bond donors (Lipinski definition) is 3. The quantitative estimate of drug-likeness (QED) is 0.510. The molecule has 1 atom stereocenters. The van der Waals surface area contributed by atoms with Crippen molar-refractivity contribution >= 4 is 23.8 Å². The largest absolute Gasteiger partial charge is 0.480 e. The molecule has 0 spiro atoms. The predicted octanol–water partition coefficient (Wildman–Crippen LogP) is -0.142. The highest BCUT2D eigenvalue weighted by molar-refractivity contribution is 6.06. The average Bonchev–Trinajstić information content (AvgIpc) is 3.10. The van der Waals surface area contributed by atoms with Crippen LogP contribution < -0.4 is 20.9 Å². The molecule has 1 saturated heterocycles. The number of fused-ring (bicyclic) bond motifs is 1. The molecular formula is C17H20N4O5. The van der Waals surface area contributed by atoms with Gasteiger partial charge in [0.2, 0.25) is 5.91 Å². The first-order chi connectivity index (χ1) is 12.3. The Kier molecular flexibility index (Phi) is 4.54. The van der Waals surface area contributed by atoms with Crippen LogP contribution in [0.15, 0.2) is 24.3 Å². The van der Waals surface area contributed by atoms with Gasteiger partial charge in [-0.15, -0.1) is 0 Å². The van der Waals surface area contributed by atoms with Gasteiger partial charge in [-0.2, -0.15) is 0 Å². The summed E-state index contributed by atoms with van der Waals surface area (Å²) in [6.07, 6.45) is -0.407. The minimum absolute atomic E-state index is 0.0683. The molecule has 2 aliphatic rings. The number of hydrazine groups is 1. The topological polar surface area (TPSA) is 117 Å². The van der Waals surface area contributed by atoms with E-state index in [0.717, 1.165) is 10.5 Å². The summed E-state index contributed by atoms with van der Waals surface area (Å²) in [6.45, 7) is 3.11. The smallest absolute Gasteiger partial charge is 0.325 e. The highest BCUT2D eigenvalue weighted by Crippen LogP contribution is 2.27. The zero-order valence-corrected chi connectivity index (χ0v) is 14.5. The fourth-order valence-corrected chi connectivity index (χ4v) is 2.84. The van der Waals surface area contributed by atoms with Crippen LogP contribution in [0.1, 0.15) is 25.8 Å².